The predicted octanol–water partition coefficient (Wildman–Crippen LogP) is 0.528. The zero-order valence-electron chi connectivity index (χ0n) is 9.18. The van der Waals surface area contributed by atoms with Gasteiger partial charge in [0.2, 0.25) is 5.91 Å². The second-order valence-electron chi connectivity index (χ2n) is 4.59. The topological polar surface area (TPSA) is 60.8 Å². The summed E-state index contributed by atoms with van der Waals surface area (Å²) in [6, 6.07) is 6.66. The molecule has 16 heavy (non-hydrogen) atoms. The number of benzene rings is 1. The third-order valence-electron chi connectivity index (χ3n) is 2.68. The van der Waals surface area contributed by atoms with E-state index in [1.165, 1.54) is 0 Å². The number of phenols is 1. The number of amides is 1. The molecule has 0 atom stereocenters. The van der Waals surface area contributed by atoms with Gasteiger partial charge in [-0.1, -0.05) is 12.1 Å². The first-order valence-electron chi connectivity index (χ1n) is 5.24. The minimum Gasteiger partial charge on any atom is -0.508 e. The summed E-state index contributed by atoms with van der Waals surface area (Å²) in [7, 11) is 0. The Balaban J connectivity index is 1.94. The van der Waals surface area contributed by atoms with Crippen LogP contribution in [0.15, 0.2) is 24.3 Å². The van der Waals surface area contributed by atoms with E-state index in [9.17, 15) is 15.0 Å². The largest absolute Gasteiger partial charge is 0.508 e. The Morgan fingerprint density at radius 3 is 2.75 bits per heavy atom. The molecule has 4 nitrogen and oxygen atoms in total. The molecule has 1 aliphatic rings. The molecule has 0 saturated carbocycles. The van der Waals surface area contributed by atoms with Crippen molar-refractivity contribution in [3.05, 3.63) is 29.8 Å². The third-order valence-corrected chi connectivity index (χ3v) is 2.68. The fourth-order valence-electron chi connectivity index (χ4n) is 1.91. The molecule has 1 aromatic rings. The molecule has 0 bridgehead atoms. The van der Waals surface area contributed by atoms with Gasteiger partial charge in [0.15, 0.2) is 0 Å². The summed E-state index contributed by atoms with van der Waals surface area (Å²) >= 11 is 0. The minimum absolute atomic E-state index is 0.0166. The molecule has 2 rings (SSSR count). The van der Waals surface area contributed by atoms with Gasteiger partial charge in [-0.2, -0.15) is 0 Å². The molecule has 0 unspecified atom stereocenters. The quantitative estimate of drug-likeness (QED) is 0.765. The molecule has 1 aromatic carbocycles. The van der Waals surface area contributed by atoms with Crippen LogP contribution in [0.5, 0.6) is 5.75 Å². The highest BCUT2D eigenvalue weighted by atomic mass is 16.3. The summed E-state index contributed by atoms with van der Waals surface area (Å²) in [6.07, 6.45) is 0.268. The van der Waals surface area contributed by atoms with Crippen molar-refractivity contribution in [1.82, 2.24) is 4.90 Å². The number of β-amino-alcohol motifs (C(OH)–C–C–N with tert-alkyl or cyclic N) is 1. The van der Waals surface area contributed by atoms with Crippen LogP contribution in [0, 0.1) is 0 Å². The predicted molar refractivity (Wildman–Crippen MR) is 59.0 cm³/mol. The SMILES string of the molecule is CC1(O)CN(C(=O)Cc2cccc(O)c2)C1. The highest BCUT2D eigenvalue weighted by Crippen LogP contribution is 2.21. The Morgan fingerprint density at radius 2 is 2.19 bits per heavy atom. The van der Waals surface area contributed by atoms with Gasteiger partial charge in [0.25, 0.3) is 0 Å². The number of carbonyl (C=O) groups excluding carboxylic acids is 1. The number of likely N-dealkylation sites (tertiary alicyclic amines) is 1. The maximum atomic E-state index is 11.7. The van der Waals surface area contributed by atoms with Crippen LogP contribution in [-0.2, 0) is 11.2 Å². The average Bonchev–Trinajstić information content (AvgIpc) is 2.13. The van der Waals surface area contributed by atoms with Crippen LogP contribution < -0.4 is 0 Å². The molecule has 1 amide bonds. The summed E-state index contributed by atoms with van der Waals surface area (Å²) in [5.41, 5.74) is 0.0608. The molecule has 0 aliphatic carbocycles. The van der Waals surface area contributed by atoms with E-state index in [2.05, 4.69) is 0 Å². The molecule has 1 saturated heterocycles. The van der Waals surface area contributed by atoms with E-state index in [0.29, 0.717) is 13.1 Å². The molecule has 2 N–H and O–H groups in total. The van der Waals surface area contributed by atoms with Gasteiger partial charge in [-0.15, -0.1) is 0 Å². The zero-order valence-corrected chi connectivity index (χ0v) is 9.18. The molecule has 0 radical (unpaired) electrons. The zero-order chi connectivity index (χ0) is 11.8. The van der Waals surface area contributed by atoms with Crippen molar-refractivity contribution < 1.29 is 15.0 Å². The number of rotatable bonds is 2. The average molecular weight is 221 g/mol. The Bertz CT molecular complexity index is 406. The van der Waals surface area contributed by atoms with Gasteiger partial charge in [0, 0.05) is 0 Å². The molecule has 1 fully saturated rings. The second kappa shape index (κ2) is 3.79. The van der Waals surface area contributed by atoms with Crippen molar-refractivity contribution in [2.75, 3.05) is 13.1 Å². The monoisotopic (exact) mass is 221 g/mol. The van der Waals surface area contributed by atoms with E-state index in [0.717, 1.165) is 5.56 Å². The van der Waals surface area contributed by atoms with Crippen LogP contribution in [-0.4, -0.2) is 39.7 Å². The summed E-state index contributed by atoms with van der Waals surface area (Å²) < 4.78 is 0. The number of phenolic OH excluding ortho intramolecular Hbond substituents is 1. The van der Waals surface area contributed by atoms with Gasteiger partial charge >= 0.3 is 0 Å². The molecule has 1 aliphatic heterocycles. The molecular weight excluding hydrogens is 206 g/mol. The lowest BCUT2D eigenvalue weighted by atomic mass is 9.96. The van der Waals surface area contributed by atoms with Gasteiger partial charge in [0.05, 0.1) is 25.1 Å². The maximum absolute atomic E-state index is 11.7. The molecule has 1 heterocycles. The fourth-order valence-corrected chi connectivity index (χ4v) is 1.91. The van der Waals surface area contributed by atoms with E-state index < -0.39 is 5.60 Å². The van der Waals surface area contributed by atoms with Gasteiger partial charge in [0.1, 0.15) is 5.75 Å². The number of hydrogen-bond acceptors (Lipinski definition) is 3. The number of aliphatic hydroxyl groups is 1. The van der Waals surface area contributed by atoms with Crippen molar-refractivity contribution >= 4 is 5.91 Å². The van der Waals surface area contributed by atoms with E-state index in [1.807, 2.05) is 0 Å². The number of hydrogen-bond donors (Lipinski definition) is 2. The highest BCUT2D eigenvalue weighted by Gasteiger charge is 2.38. The van der Waals surface area contributed by atoms with Gasteiger partial charge in [-0.05, 0) is 24.6 Å². The lowest BCUT2D eigenvalue weighted by Gasteiger charge is -2.44. The second-order valence-corrected chi connectivity index (χ2v) is 4.59. The smallest absolute Gasteiger partial charge is 0.227 e. The Morgan fingerprint density at radius 1 is 1.50 bits per heavy atom. The van der Waals surface area contributed by atoms with E-state index in [4.69, 9.17) is 0 Å². The van der Waals surface area contributed by atoms with Gasteiger partial charge < -0.3 is 15.1 Å². The lowest BCUT2D eigenvalue weighted by Crippen LogP contribution is -2.62. The van der Waals surface area contributed by atoms with Crippen molar-refractivity contribution in [1.29, 1.82) is 0 Å². The van der Waals surface area contributed by atoms with Crippen LogP contribution in [0.25, 0.3) is 0 Å². The van der Waals surface area contributed by atoms with Gasteiger partial charge in [-0.25, -0.2) is 0 Å². The van der Waals surface area contributed by atoms with Crippen molar-refractivity contribution in [3.63, 3.8) is 0 Å². The number of nitrogens with zero attached hydrogens (tertiary/aromatic N) is 1. The van der Waals surface area contributed by atoms with E-state index in [-0.39, 0.29) is 18.1 Å². The molecular formula is C12H15NO3. The lowest BCUT2D eigenvalue weighted by molar-refractivity contribution is -0.151. The van der Waals surface area contributed by atoms with Crippen molar-refractivity contribution in [2.24, 2.45) is 0 Å². The van der Waals surface area contributed by atoms with Crippen molar-refractivity contribution in [3.8, 4) is 5.75 Å². The third kappa shape index (κ3) is 2.33. The standard InChI is InChI=1S/C12H15NO3/c1-12(16)7-13(8-12)11(15)6-9-3-2-4-10(14)5-9/h2-5,14,16H,6-8H2,1H3. The van der Waals surface area contributed by atoms with Crippen molar-refractivity contribution in [2.45, 2.75) is 18.9 Å². The molecule has 0 spiro atoms. The van der Waals surface area contributed by atoms with Gasteiger partial charge in [-0.3, -0.25) is 4.79 Å². The maximum Gasteiger partial charge on any atom is 0.227 e. The number of carbonyl (C=O) groups is 1. The summed E-state index contributed by atoms with van der Waals surface area (Å²) in [4.78, 5) is 13.3. The van der Waals surface area contributed by atoms with E-state index in [1.54, 1.807) is 36.1 Å². The molecule has 4 heteroatoms. The highest BCUT2D eigenvalue weighted by molar-refractivity contribution is 5.80. The van der Waals surface area contributed by atoms with Crippen LogP contribution >= 0.6 is 0 Å². The van der Waals surface area contributed by atoms with E-state index >= 15 is 0 Å². The molecule has 0 aromatic heterocycles. The summed E-state index contributed by atoms with van der Waals surface area (Å²) in [6.45, 7) is 2.50. The normalized spacial score (nSPS) is 18.0. The first-order chi connectivity index (χ1) is 7.46. The first kappa shape index (κ1) is 11.0. The fraction of sp³-hybridized carbons (Fsp3) is 0.417. The summed E-state index contributed by atoms with van der Waals surface area (Å²) in [5.74, 6) is 0.151. The van der Waals surface area contributed by atoms with Crippen LogP contribution in [0.2, 0.25) is 0 Å². The Labute approximate surface area is 94.1 Å². The summed E-state index contributed by atoms with van der Waals surface area (Å²) in [5, 5.41) is 18.8. The first-order valence-corrected chi connectivity index (χ1v) is 5.24. The van der Waals surface area contributed by atoms with Crippen LogP contribution in [0.3, 0.4) is 0 Å². The van der Waals surface area contributed by atoms with Crippen LogP contribution in [0.4, 0.5) is 0 Å². The minimum atomic E-state index is -0.728. The molecule has 86 valence electrons. The Hall–Kier alpha value is -1.55. The Kier molecular flexibility index (Phi) is 2.59. The number of aromatic hydroxyl groups is 1. The van der Waals surface area contributed by atoms with Crippen LogP contribution in [0.1, 0.15) is 12.5 Å².